The molecule has 0 aliphatic carbocycles. The second-order valence-electron chi connectivity index (χ2n) is 3.16. The molecule has 88 valence electrons. The molecule has 0 aromatic carbocycles. The van der Waals surface area contributed by atoms with Crippen molar-refractivity contribution in [3.8, 4) is 0 Å². The molecule has 0 saturated heterocycles. The molecular formula is C10H11N5OS. The van der Waals surface area contributed by atoms with Crippen molar-refractivity contribution in [1.82, 2.24) is 15.2 Å². The van der Waals surface area contributed by atoms with Crippen LogP contribution in [0.1, 0.15) is 17.4 Å². The zero-order chi connectivity index (χ0) is 12.1. The van der Waals surface area contributed by atoms with E-state index in [0.717, 1.165) is 12.2 Å². The van der Waals surface area contributed by atoms with E-state index >= 15 is 0 Å². The lowest BCUT2D eigenvalue weighted by atomic mass is 10.3. The van der Waals surface area contributed by atoms with Crippen molar-refractivity contribution in [2.24, 2.45) is 0 Å². The average molecular weight is 249 g/mol. The van der Waals surface area contributed by atoms with Gasteiger partial charge in [0.1, 0.15) is 11.2 Å². The van der Waals surface area contributed by atoms with E-state index in [2.05, 4.69) is 25.8 Å². The van der Waals surface area contributed by atoms with E-state index in [1.54, 1.807) is 17.8 Å². The molecule has 0 atom stereocenters. The van der Waals surface area contributed by atoms with Gasteiger partial charge in [0.05, 0.1) is 11.9 Å². The van der Waals surface area contributed by atoms with Gasteiger partial charge in [-0.1, -0.05) is 11.3 Å². The third kappa shape index (κ3) is 2.97. The fraction of sp³-hybridized carbons (Fsp3) is 0.200. The highest BCUT2D eigenvalue weighted by Crippen LogP contribution is 2.11. The van der Waals surface area contributed by atoms with Gasteiger partial charge in [-0.25, -0.2) is 4.98 Å². The number of nitrogens with one attached hydrogen (secondary N) is 2. The lowest BCUT2D eigenvalue weighted by Gasteiger charge is -2.03. The number of pyridine rings is 1. The number of amides is 1. The molecule has 17 heavy (non-hydrogen) atoms. The Morgan fingerprint density at radius 1 is 1.47 bits per heavy atom. The molecule has 0 fully saturated rings. The van der Waals surface area contributed by atoms with Crippen LogP contribution in [0.3, 0.4) is 0 Å². The molecule has 0 bridgehead atoms. The number of hydrogen-bond acceptors (Lipinski definition) is 6. The topological polar surface area (TPSA) is 79.8 Å². The summed E-state index contributed by atoms with van der Waals surface area (Å²) in [7, 11) is 0. The number of anilines is 2. The number of rotatable bonds is 4. The molecule has 0 radical (unpaired) electrons. The molecule has 7 heteroatoms. The van der Waals surface area contributed by atoms with Gasteiger partial charge in [0.2, 0.25) is 5.13 Å². The molecule has 0 aliphatic heterocycles. The highest BCUT2D eigenvalue weighted by molar-refractivity contribution is 7.13. The molecule has 0 unspecified atom stereocenters. The SMILES string of the molecule is CCNc1ccc(C(=O)Nc2nncs2)nc1. The van der Waals surface area contributed by atoms with Gasteiger partial charge >= 0.3 is 0 Å². The first-order valence-electron chi connectivity index (χ1n) is 5.07. The fourth-order valence-electron chi connectivity index (χ4n) is 1.23. The minimum atomic E-state index is -0.287. The largest absolute Gasteiger partial charge is 0.384 e. The molecule has 2 aromatic heterocycles. The summed E-state index contributed by atoms with van der Waals surface area (Å²) in [5.74, 6) is -0.287. The third-order valence-corrected chi connectivity index (χ3v) is 2.56. The van der Waals surface area contributed by atoms with Crippen LogP contribution in [0.25, 0.3) is 0 Å². The molecule has 2 aromatic rings. The van der Waals surface area contributed by atoms with Crippen molar-refractivity contribution in [3.05, 3.63) is 29.5 Å². The van der Waals surface area contributed by atoms with Gasteiger partial charge in [-0.3, -0.25) is 10.1 Å². The van der Waals surface area contributed by atoms with Gasteiger partial charge in [-0.15, -0.1) is 10.2 Å². The van der Waals surface area contributed by atoms with Gasteiger partial charge in [-0.2, -0.15) is 0 Å². The Kier molecular flexibility index (Phi) is 3.61. The van der Waals surface area contributed by atoms with E-state index in [1.807, 2.05) is 13.0 Å². The van der Waals surface area contributed by atoms with Crippen molar-refractivity contribution in [3.63, 3.8) is 0 Å². The highest BCUT2D eigenvalue weighted by Gasteiger charge is 2.08. The van der Waals surface area contributed by atoms with Crippen LogP contribution in [0.15, 0.2) is 23.8 Å². The zero-order valence-electron chi connectivity index (χ0n) is 9.17. The van der Waals surface area contributed by atoms with Gasteiger partial charge in [-0.05, 0) is 19.1 Å². The van der Waals surface area contributed by atoms with E-state index in [1.165, 1.54) is 11.3 Å². The Bertz CT molecular complexity index is 482. The van der Waals surface area contributed by atoms with E-state index in [0.29, 0.717) is 10.8 Å². The number of nitrogens with zero attached hydrogens (tertiary/aromatic N) is 3. The molecule has 2 rings (SSSR count). The van der Waals surface area contributed by atoms with Crippen LogP contribution in [0.5, 0.6) is 0 Å². The van der Waals surface area contributed by atoms with Crippen molar-refractivity contribution >= 4 is 28.1 Å². The summed E-state index contributed by atoms with van der Waals surface area (Å²) in [6.07, 6.45) is 1.62. The maximum absolute atomic E-state index is 11.7. The molecule has 1 amide bonds. The summed E-state index contributed by atoms with van der Waals surface area (Å²) in [6.45, 7) is 2.81. The Hall–Kier alpha value is -2.02. The number of carbonyl (C=O) groups excluding carboxylic acids is 1. The average Bonchev–Trinajstić information content (AvgIpc) is 2.83. The van der Waals surface area contributed by atoms with Gasteiger partial charge in [0.15, 0.2) is 0 Å². The Morgan fingerprint density at radius 3 is 2.94 bits per heavy atom. The van der Waals surface area contributed by atoms with Crippen LogP contribution in [0.2, 0.25) is 0 Å². The lowest BCUT2D eigenvalue weighted by Crippen LogP contribution is -2.13. The quantitative estimate of drug-likeness (QED) is 0.860. The van der Waals surface area contributed by atoms with Crippen molar-refractivity contribution in [2.75, 3.05) is 17.2 Å². The van der Waals surface area contributed by atoms with Crippen LogP contribution in [-0.4, -0.2) is 27.6 Å². The Labute approximate surface area is 102 Å². The number of aromatic nitrogens is 3. The first-order chi connectivity index (χ1) is 8.29. The van der Waals surface area contributed by atoms with Crippen molar-refractivity contribution in [2.45, 2.75) is 6.92 Å². The standard InChI is InChI=1S/C10H11N5OS/c1-2-11-7-3-4-8(12-5-7)9(16)14-10-15-13-6-17-10/h3-6,11H,2H2,1H3,(H,14,15,16). The highest BCUT2D eigenvalue weighted by atomic mass is 32.1. The second-order valence-corrected chi connectivity index (χ2v) is 3.99. The first kappa shape index (κ1) is 11.5. The maximum atomic E-state index is 11.7. The maximum Gasteiger partial charge on any atom is 0.276 e. The Balaban J connectivity index is 2.04. The number of carbonyl (C=O) groups is 1. The van der Waals surface area contributed by atoms with E-state index in [4.69, 9.17) is 0 Å². The molecule has 2 N–H and O–H groups in total. The van der Waals surface area contributed by atoms with Crippen LogP contribution in [-0.2, 0) is 0 Å². The fourth-order valence-corrected chi connectivity index (χ4v) is 1.67. The number of hydrogen-bond donors (Lipinski definition) is 2. The predicted octanol–water partition coefficient (Wildman–Crippen LogP) is 1.62. The zero-order valence-corrected chi connectivity index (χ0v) is 9.99. The summed E-state index contributed by atoms with van der Waals surface area (Å²) in [4.78, 5) is 15.8. The monoisotopic (exact) mass is 249 g/mol. The van der Waals surface area contributed by atoms with Crippen molar-refractivity contribution < 1.29 is 4.79 Å². The summed E-state index contributed by atoms with van der Waals surface area (Å²) >= 11 is 1.26. The molecule has 0 saturated carbocycles. The first-order valence-corrected chi connectivity index (χ1v) is 5.95. The van der Waals surface area contributed by atoms with Crippen LogP contribution < -0.4 is 10.6 Å². The van der Waals surface area contributed by atoms with E-state index in [9.17, 15) is 4.79 Å². The second kappa shape index (κ2) is 5.35. The minimum Gasteiger partial charge on any atom is -0.384 e. The third-order valence-electron chi connectivity index (χ3n) is 1.96. The molecule has 0 spiro atoms. The normalized spacial score (nSPS) is 9.94. The molecule has 0 aliphatic rings. The van der Waals surface area contributed by atoms with Crippen LogP contribution in [0.4, 0.5) is 10.8 Å². The molecular weight excluding hydrogens is 238 g/mol. The molecule has 2 heterocycles. The molecule has 6 nitrogen and oxygen atoms in total. The summed E-state index contributed by atoms with van der Waals surface area (Å²) in [5, 5.41) is 13.5. The smallest absolute Gasteiger partial charge is 0.276 e. The van der Waals surface area contributed by atoms with Crippen LogP contribution in [0, 0.1) is 0 Å². The summed E-state index contributed by atoms with van der Waals surface area (Å²) < 4.78 is 0. The van der Waals surface area contributed by atoms with E-state index in [-0.39, 0.29) is 5.91 Å². The minimum absolute atomic E-state index is 0.287. The van der Waals surface area contributed by atoms with Gasteiger partial charge in [0.25, 0.3) is 5.91 Å². The van der Waals surface area contributed by atoms with Crippen LogP contribution >= 0.6 is 11.3 Å². The Morgan fingerprint density at radius 2 is 2.35 bits per heavy atom. The lowest BCUT2D eigenvalue weighted by molar-refractivity contribution is 0.102. The summed E-state index contributed by atoms with van der Waals surface area (Å²) in [5.41, 5.74) is 2.79. The predicted molar refractivity (Wildman–Crippen MR) is 66.3 cm³/mol. The van der Waals surface area contributed by atoms with Crippen molar-refractivity contribution in [1.29, 1.82) is 0 Å². The van der Waals surface area contributed by atoms with E-state index < -0.39 is 0 Å². The van der Waals surface area contributed by atoms with Gasteiger partial charge in [0, 0.05) is 6.54 Å². The summed E-state index contributed by atoms with van der Waals surface area (Å²) in [6, 6.07) is 3.47. The van der Waals surface area contributed by atoms with Gasteiger partial charge < -0.3 is 5.32 Å².